The largest absolute Gasteiger partial charge is 0.480 e. The third kappa shape index (κ3) is 2.72. The second-order valence-corrected chi connectivity index (χ2v) is 7.54. The van der Waals surface area contributed by atoms with Crippen LogP contribution in [0.2, 0.25) is 0 Å². The average molecular weight is 270 g/mol. The molecule has 0 atom stereocenters. The second kappa shape index (κ2) is 4.72. The Labute approximate surface area is 108 Å². The molecule has 1 rings (SSSR count). The van der Waals surface area contributed by atoms with Gasteiger partial charge < -0.3 is 5.11 Å². The Balaban J connectivity index is 3.18. The van der Waals surface area contributed by atoms with Crippen molar-refractivity contribution in [3.63, 3.8) is 0 Å². The summed E-state index contributed by atoms with van der Waals surface area (Å²) in [5.74, 6) is -1.58. The quantitative estimate of drug-likeness (QED) is 0.909. The lowest BCUT2D eigenvalue weighted by Crippen LogP contribution is -2.41. The van der Waals surface area contributed by atoms with Gasteiger partial charge >= 0.3 is 5.97 Å². The van der Waals surface area contributed by atoms with E-state index in [4.69, 9.17) is 5.11 Å². The van der Waals surface area contributed by atoms with Crippen molar-refractivity contribution in [3.8, 4) is 0 Å². The van der Waals surface area contributed by atoms with Gasteiger partial charge in [0.15, 0.2) is 14.6 Å². The van der Waals surface area contributed by atoms with Crippen LogP contribution in [0.1, 0.15) is 30.5 Å². The SMILES string of the molecule is Cc1ccc(C)c(CS(=O)(=O)C(C)(C)C(=O)O)c1. The number of aliphatic carboxylic acids is 1. The minimum Gasteiger partial charge on any atom is -0.480 e. The summed E-state index contributed by atoms with van der Waals surface area (Å²) in [5, 5.41) is 9.00. The smallest absolute Gasteiger partial charge is 0.324 e. The van der Waals surface area contributed by atoms with Crippen LogP contribution in [0, 0.1) is 13.8 Å². The third-order valence-corrected chi connectivity index (χ3v) is 5.56. The Morgan fingerprint density at radius 2 is 1.83 bits per heavy atom. The number of rotatable bonds is 4. The summed E-state index contributed by atoms with van der Waals surface area (Å²) < 4.78 is 22.5. The predicted molar refractivity (Wildman–Crippen MR) is 70.3 cm³/mol. The van der Waals surface area contributed by atoms with Gasteiger partial charge in [-0.2, -0.15) is 0 Å². The highest BCUT2D eigenvalue weighted by Crippen LogP contribution is 2.23. The van der Waals surface area contributed by atoms with E-state index >= 15 is 0 Å². The summed E-state index contributed by atoms with van der Waals surface area (Å²) in [5.41, 5.74) is 2.47. The third-order valence-electron chi connectivity index (χ3n) is 3.14. The molecule has 0 spiro atoms. The highest BCUT2D eigenvalue weighted by Gasteiger charge is 2.41. The zero-order chi connectivity index (χ0) is 14.1. The van der Waals surface area contributed by atoms with Crippen LogP contribution >= 0.6 is 0 Å². The van der Waals surface area contributed by atoms with Crippen molar-refractivity contribution < 1.29 is 18.3 Å². The van der Waals surface area contributed by atoms with E-state index in [1.807, 2.05) is 26.0 Å². The summed E-state index contributed by atoms with van der Waals surface area (Å²) in [7, 11) is -3.75. The predicted octanol–water partition coefficient (Wildman–Crippen LogP) is 2.08. The first-order valence-electron chi connectivity index (χ1n) is 5.60. The fraction of sp³-hybridized carbons (Fsp3) is 0.462. The van der Waals surface area contributed by atoms with E-state index in [9.17, 15) is 13.2 Å². The number of aryl methyl sites for hydroxylation is 2. The lowest BCUT2D eigenvalue weighted by atomic mass is 10.1. The average Bonchev–Trinajstić information content (AvgIpc) is 2.22. The first-order chi connectivity index (χ1) is 8.08. The lowest BCUT2D eigenvalue weighted by molar-refractivity contribution is -0.139. The van der Waals surface area contributed by atoms with E-state index in [0.717, 1.165) is 11.1 Å². The van der Waals surface area contributed by atoms with Gasteiger partial charge in [0.05, 0.1) is 5.75 Å². The maximum atomic E-state index is 12.1. The number of carboxylic acids is 1. The molecule has 1 aromatic carbocycles. The van der Waals surface area contributed by atoms with Gasteiger partial charge in [-0.3, -0.25) is 4.79 Å². The molecule has 0 amide bonds. The van der Waals surface area contributed by atoms with E-state index in [-0.39, 0.29) is 5.75 Å². The summed E-state index contributed by atoms with van der Waals surface area (Å²) in [6.07, 6.45) is 0. The highest BCUT2D eigenvalue weighted by molar-refractivity contribution is 7.92. The number of carboxylic acid groups (broad SMARTS) is 1. The first kappa shape index (κ1) is 14.7. The van der Waals surface area contributed by atoms with Gasteiger partial charge in [-0.15, -0.1) is 0 Å². The molecular formula is C13H18O4S. The van der Waals surface area contributed by atoms with E-state index in [1.165, 1.54) is 13.8 Å². The molecule has 0 aliphatic heterocycles. The molecule has 100 valence electrons. The second-order valence-electron chi connectivity index (χ2n) is 5.00. The van der Waals surface area contributed by atoms with Crippen molar-refractivity contribution >= 4 is 15.8 Å². The molecule has 0 heterocycles. The van der Waals surface area contributed by atoms with Crippen LogP contribution in [0.3, 0.4) is 0 Å². The van der Waals surface area contributed by atoms with Gasteiger partial charge in [0.1, 0.15) is 0 Å². The number of carbonyl (C=O) groups is 1. The Bertz CT molecular complexity index is 571. The zero-order valence-corrected chi connectivity index (χ0v) is 11.8. The van der Waals surface area contributed by atoms with Crippen LogP contribution in [0.5, 0.6) is 0 Å². The minimum absolute atomic E-state index is 0.250. The Hall–Kier alpha value is -1.36. The minimum atomic E-state index is -3.75. The standard InChI is InChI=1S/C13H18O4S/c1-9-5-6-10(2)11(7-9)8-18(16,17)13(3,4)12(14)15/h5-7H,8H2,1-4H3,(H,14,15). The Morgan fingerprint density at radius 3 is 2.33 bits per heavy atom. The number of benzene rings is 1. The van der Waals surface area contributed by atoms with Crippen molar-refractivity contribution in [2.45, 2.75) is 38.2 Å². The monoisotopic (exact) mass is 270 g/mol. The molecule has 5 heteroatoms. The topological polar surface area (TPSA) is 71.4 Å². The molecular weight excluding hydrogens is 252 g/mol. The Morgan fingerprint density at radius 1 is 1.28 bits per heavy atom. The number of sulfone groups is 1. The van der Waals surface area contributed by atoms with Crippen molar-refractivity contribution in [1.82, 2.24) is 0 Å². The number of hydrogen-bond acceptors (Lipinski definition) is 3. The molecule has 4 nitrogen and oxygen atoms in total. The molecule has 0 aliphatic carbocycles. The van der Waals surface area contributed by atoms with Gasteiger partial charge in [0, 0.05) is 0 Å². The van der Waals surface area contributed by atoms with Gasteiger partial charge in [-0.1, -0.05) is 23.8 Å². The van der Waals surface area contributed by atoms with Crippen molar-refractivity contribution in [3.05, 3.63) is 34.9 Å². The first-order valence-corrected chi connectivity index (χ1v) is 7.25. The molecule has 0 aliphatic rings. The van der Waals surface area contributed by atoms with Crippen molar-refractivity contribution in [2.24, 2.45) is 0 Å². The van der Waals surface area contributed by atoms with Crippen LogP contribution in [-0.2, 0) is 20.4 Å². The fourth-order valence-corrected chi connectivity index (χ4v) is 2.82. The molecule has 0 bridgehead atoms. The lowest BCUT2D eigenvalue weighted by Gasteiger charge is -2.20. The summed E-state index contributed by atoms with van der Waals surface area (Å²) in [4.78, 5) is 11.0. The molecule has 0 unspecified atom stereocenters. The van der Waals surface area contributed by atoms with Gasteiger partial charge in [0.25, 0.3) is 0 Å². The number of hydrogen-bond donors (Lipinski definition) is 1. The van der Waals surface area contributed by atoms with Crippen LogP contribution in [0.4, 0.5) is 0 Å². The van der Waals surface area contributed by atoms with E-state index in [2.05, 4.69) is 0 Å². The molecule has 0 aromatic heterocycles. The van der Waals surface area contributed by atoms with Gasteiger partial charge in [0.2, 0.25) is 0 Å². The van der Waals surface area contributed by atoms with Crippen LogP contribution in [0.25, 0.3) is 0 Å². The highest BCUT2D eigenvalue weighted by atomic mass is 32.2. The summed E-state index contributed by atoms with van der Waals surface area (Å²) in [6.45, 7) is 6.13. The van der Waals surface area contributed by atoms with E-state index in [1.54, 1.807) is 6.07 Å². The van der Waals surface area contributed by atoms with E-state index in [0.29, 0.717) is 5.56 Å². The van der Waals surface area contributed by atoms with Crippen LogP contribution in [-0.4, -0.2) is 24.2 Å². The zero-order valence-electron chi connectivity index (χ0n) is 11.0. The molecule has 0 saturated carbocycles. The molecule has 18 heavy (non-hydrogen) atoms. The molecule has 1 aromatic rings. The summed E-state index contributed by atoms with van der Waals surface area (Å²) in [6, 6.07) is 5.52. The molecule has 0 radical (unpaired) electrons. The van der Waals surface area contributed by atoms with Crippen molar-refractivity contribution in [2.75, 3.05) is 0 Å². The molecule has 0 fully saturated rings. The van der Waals surface area contributed by atoms with Crippen molar-refractivity contribution in [1.29, 1.82) is 0 Å². The van der Waals surface area contributed by atoms with Gasteiger partial charge in [-0.25, -0.2) is 8.42 Å². The summed E-state index contributed by atoms with van der Waals surface area (Å²) >= 11 is 0. The normalized spacial score (nSPS) is 12.4. The molecule has 1 N–H and O–H groups in total. The fourth-order valence-electron chi connectivity index (χ4n) is 1.47. The molecule has 0 saturated heterocycles. The van der Waals surface area contributed by atoms with Crippen LogP contribution in [0.15, 0.2) is 18.2 Å². The van der Waals surface area contributed by atoms with Crippen LogP contribution < -0.4 is 0 Å². The van der Waals surface area contributed by atoms with E-state index < -0.39 is 20.6 Å². The van der Waals surface area contributed by atoms with Gasteiger partial charge in [-0.05, 0) is 38.8 Å². The maximum absolute atomic E-state index is 12.1. The Kier molecular flexibility index (Phi) is 3.86. The maximum Gasteiger partial charge on any atom is 0.324 e.